The maximum atomic E-state index is 12.0. The van der Waals surface area contributed by atoms with Crippen molar-refractivity contribution in [2.45, 2.75) is 19.9 Å². The van der Waals surface area contributed by atoms with E-state index in [1.54, 1.807) is 0 Å². The van der Waals surface area contributed by atoms with Gasteiger partial charge in [0, 0.05) is 42.9 Å². The van der Waals surface area contributed by atoms with Gasteiger partial charge in [0.15, 0.2) is 0 Å². The average Bonchev–Trinajstić information content (AvgIpc) is 2.46. The van der Waals surface area contributed by atoms with Gasteiger partial charge in [-0.05, 0) is 24.3 Å². The summed E-state index contributed by atoms with van der Waals surface area (Å²) in [6.07, 6.45) is 0. The quantitative estimate of drug-likeness (QED) is 0.923. The molecule has 5 heteroatoms. The van der Waals surface area contributed by atoms with Crippen LogP contribution >= 0.6 is 11.6 Å². The molecule has 20 heavy (non-hydrogen) atoms. The lowest BCUT2D eigenvalue weighted by Gasteiger charge is -2.36. The van der Waals surface area contributed by atoms with E-state index in [-0.39, 0.29) is 5.91 Å². The Labute approximate surface area is 125 Å². The maximum Gasteiger partial charge on any atom is 0.236 e. The number of hydrogen-bond donors (Lipinski definition) is 1. The molecule has 1 aliphatic heterocycles. The number of carbonyl (C=O) groups is 1. The fraction of sp³-hybridized carbons (Fsp3) is 0.533. The van der Waals surface area contributed by atoms with Crippen LogP contribution in [0.4, 0.5) is 5.69 Å². The number of anilines is 1. The minimum Gasteiger partial charge on any atom is -0.368 e. The molecule has 1 amide bonds. The molecule has 1 aromatic rings. The molecule has 1 fully saturated rings. The van der Waals surface area contributed by atoms with Crippen molar-refractivity contribution in [2.24, 2.45) is 0 Å². The van der Waals surface area contributed by atoms with Crippen molar-refractivity contribution >= 4 is 23.2 Å². The maximum absolute atomic E-state index is 12.0. The highest BCUT2D eigenvalue weighted by atomic mass is 35.5. The molecule has 0 bridgehead atoms. The van der Waals surface area contributed by atoms with Crippen LogP contribution in [0.15, 0.2) is 24.3 Å². The zero-order chi connectivity index (χ0) is 14.5. The highest BCUT2D eigenvalue weighted by molar-refractivity contribution is 6.30. The van der Waals surface area contributed by atoms with Crippen LogP contribution in [-0.4, -0.2) is 49.6 Å². The van der Waals surface area contributed by atoms with Gasteiger partial charge < -0.3 is 15.1 Å². The molecular formula is C15H22ClN3O. The van der Waals surface area contributed by atoms with Crippen molar-refractivity contribution in [2.75, 3.05) is 37.6 Å². The zero-order valence-corrected chi connectivity index (χ0v) is 12.9. The van der Waals surface area contributed by atoms with Crippen molar-refractivity contribution in [1.82, 2.24) is 10.2 Å². The van der Waals surface area contributed by atoms with E-state index in [1.165, 1.54) is 5.69 Å². The van der Waals surface area contributed by atoms with Crippen LogP contribution in [0.2, 0.25) is 5.02 Å². The Bertz CT molecular complexity index is 439. The number of nitrogens with zero attached hydrogens (tertiary/aromatic N) is 2. The van der Waals surface area contributed by atoms with Crippen molar-refractivity contribution < 1.29 is 4.79 Å². The number of benzene rings is 1. The van der Waals surface area contributed by atoms with Crippen LogP contribution < -0.4 is 10.2 Å². The van der Waals surface area contributed by atoms with Crippen LogP contribution in [0.3, 0.4) is 0 Å². The lowest BCUT2D eigenvalue weighted by Crippen LogP contribution is -2.51. The highest BCUT2D eigenvalue weighted by Crippen LogP contribution is 2.19. The first kappa shape index (κ1) is 15.1. The molecule has 4 nitrogen and oxygen atoms in total. The van der Waals surface area contributed by atoms with Gasteiger partial charge in [-0.25, -0.2) is 0 Å². The number of carbonyl (C=O) groups excluding carboxylic acids is 1. The molecule has 1 saturated heterocycles. The molecule has 0 spiro atoms. The number of piperazine rings is 1. The molecule has 1 aromatic carbocycles. The molecule has 2 rings (SSSR count). The van der Waals surface area contributed by atoms with Crippen LogP contribution in [0.25, 0.3) is 0 Å². The summed E-state index contributed by atoms with van der Waals surface area (Å²) in [5.41, 5.74) is 1.17. The van der Waals surface area contributed by atoms with E-state index in [1.807, 2.05) is 43.0 Å². The Morgan fingerprint density at radius 2 is 1.80 bits per heavy atom. The van der Waals surface area contributed by atoms with E-state index in [0.29, 0.717) is 12.6 Å². The van der Waals surface area contributed by atoms with Crippen LogP contribution in [-0.2, 0) is 4.79 Å². The van der Waals surface area contributed by atoms with Gasteiger partial charge in [-0.15, -0.1) is 0 Å². The molecule has 110 valence electrons. The predicted molar refractivity (Wildman–Crippen MR) is 83.4 cm³/mol. The first-order valence-electron chi connectivity index (χ1n) is 7.08. The summed E-state index contributed by atoms with van der Waals surface area (Å²) < 4.78 is 0. The van der Waals surface area contributed by atoms with Crippen LogP contribution in [0.1, 0.15) is 13.8 Å². The Morgan fingerprint density at radius 1 is 1.20 bits per heavy atom. The molecule has 0 atom stereocenters. The Hall–Kier alpha value is -1.26. The molecule has 0 saturated carbocycles. The summed E-state index contributed by atoms with van der Waals surface area (Å²) in [6, 6.07) is 8.21. The second kappa shape index (κ2) is 6.95. The first-order chi connectivity index (χ1) is 9.56. The van der Waals surface area contributed by atoms with E-state index in [9.17, 15) is 4.79 Å². The zero-order valence-electron chi connectivity index (χ0n) is 12.1. The molecular weight excluding hydrogens is 274 g/mol. The summed E-state index contributed by atoms with van der Waals surface area (Å²) in [5, 5.41) is 3.92. The third kappa shape index (κ3) is 4.12. The van der Waals surface area contributed by atoms with Crippen molar-refractivity contribution in [3.05, 3.63) is 29.3 Å². The Morgan fingerprint density at radius 3 is 2.35 bits per heavy atom. The second-order valence-electron chi connectivity index (χ2n) is 5.38. The SMILES string of the molecule is CC(C)NCC(=O)N1CCN(c2ccc(Cl)cc2)CC1. The number of rotatable bonds is 4. The third-order valence-corrected chi connectivity index (χ3v) is 3.74. The van der Waals surface area contributed by atoms with Gasteiger partial charge >= 0.3 is 0 Å². The lowest BCUT2D eigenvalue weighted by atomic mass is 10.2. The van der Waals surface area contributed by atoms with Gasteiger partial charge in [0.25, 0.3) is 0 Å². The largest absolute Gasteiger partial charge is 0.368 e. The standard InChI is InChI=1S/C15H22ClN3O/c1-12(2)17-11-15(20)19-9-7-18(8-10-19)14-5-3-13(16)4-6-14/h3-6,12,17H,7-11H2,1-2H3. The summed E-state index contributed by atoms with van der Waals surface area (Å²) in [6.45, 7) is 7.82. The average molecular weight is 296 g/mol. The second-order valence-corrected chi connectivity index (χ2v) is 5.82. The van der Waals surface area contributed by atoms with Crippen LogP contribution in [0.5, 0.6) is 0 Å². The van der Waals surface area contributed by atoms with Crippen LogP contribution in [0, 0.1) is 0 Å². The van der Waals surface area contributed by atoms with Gasteiger partial charge in [0.05, 0.1) is 6.54 Å². The van der Waals surface area contributed by atoms with E-state index < -0.39 is 0 Å². The lowest BCUT2D eigenvalue weighted by molar-refractivity contribution is -0.130. The first-order valence-corrected chi connectivity index (χ1v) is 7.46. The molecule has 0 radical (unpaired) electrons. The van der Waals surface area contributed by atoms with Gasteiger partial charge in [-0.2, -0.15) is 0 Å². The Balaban J connectivity index is 1.83. The highest BCUT2D eigenvalue weighted by Gasteiger charge is 2.20. The van der Waals surface area contributed by atoms with Crippen molar-refractivity contribution in [3.63, 3.8) is 0 Å². The van der Waals surface area contributed by atoms with E-state index in [2.05, 4.69) is 10.2 Å². The molecule has 0 aromatic heterocycles. The number of amides is 1. The topological polar surface area (TPSA) is 35.6 Å². The fourth-order valence-corrected chi connectivity index (χ4v) is 2.40. The van der Waals surface area contributed by atoms with E-state index in [4.69, 9.17) is 11.6 Å². The number of nitrogens with one attached hydrogen (secondary N) is 1. The molecule has 0 unspecified atom stereocenters. The summed E-state index contributed by atoms with van der Waals surface area (Å²) in [4.78, 5) is 16.2. The molecule has 0 aliphatic carbocycles. The number of hydrogen-bond acceptors (Lipinski definition) is 3. The molecule has 1 heterocycles. The van der Waals surface area contributed by atoms with Crippen molar-refractivity contribution in [3.8, 4) is 0 Å². The monoisotopic (exact) mass is 295 g/mol. The Kier molecular flexibility index (Phi) is 5.26. The van der Waals surface area contributed by atoms with Crippen molar-refractivity contribution in [1.29, 1.82) is 0 Å². The predicted octanol–water partition coefficient (Wildman–Crippen LogP) is 1.99. The molecule has 1 N–H and O–H groups in total. The third-order valence-electron chi connectivity index (χ3n) is 3.49. The van der Waals surface area contributed by atoms with Gasteiger partial charge in [-0.3, -0.25) is 4.79 Å². The van der Waals surface area contributed by atoms with Gasteiger partial charge in [0.2, 0.25) is 5.91 Å². The van der Waals surface area contributed by atoms with E-state index >= 15 is 0 Å². The fourth-order valence-electron chi connectivity index (χ4n) is 2.27. The van der Waals surface area contributed by atoms with Gasteiger partial charge in [-0.1, -0.05) is 25.4 Å². The minimum atomic E-state index is 0.189. The minimum absolute atomic E-state index is 0.189. The van der Waals surface area contributed by atoms with E-state index in [0.717, 1.165) is 31.2 Å². The summed E-state index contributed by atoms with van der Waals surface area (Å²) in [7, 11) is 0. The normalized spacial score (nSPS) is 15.8. The van der Waals surface area contributed by atoms with Gasteiger partial charge in [0.1, 0.15) is 0 Å². The summed E-state index contributed by atoms with van der Waals surface area (Å²) >= 11 is 5.90. The smallest absolute Gasteiger partial charge is 0.236 e. The number of halogens is 1. The molecule has 1 aliphatic rings. The summed E-state index contributed by atoms with van der Waals surface area (Å²) in [5.74, 6) is 0.189.